The molecular weight excluding hydrogens is 1610 g/mol. The number of piperidine rings is 3. The molecule has 2 aromatic heterocycles. The van der Waals surface area contributed by atoms with Gasteiger partial charge in [-0.25, -0.2) is 24.4 Å². The number of rotatable bonds is 22. The second-order valence-electron chi connectivity index (χ2n) is 38.5. The molecule has 9 aromatic carbocycles. The van der Waals surface area contributed by atoms with Gasteiger partial charge in [0.15, 0.2) is 0 Å². The first-order valence-electron chi connectivity index (χ1n) is 45.3. The minimum absolute atomic E-state index is 0.0368. The summed E-state index contributed by atoms with van der Waals surface area (Å²) in [4.78, 5) is 124. The summed E-state index contributed by atoms with van der Waals surface area (Å²) in [6.45, 7) is 34.0. The highest BCUT2D eigenvalue weighted by atomic mass is 16.6. The van der Waals surface area contributed by atoms with Crippen molar-refractivity contribution in [3.05, 3.63) is 227 Å². The molecule has 128 heavy (non-hydrogen) atoms. The number of anilines is 2. The Hall–Kier alpha value is -12.3. The molecule has 0 unspecified atom stereocenters. The Morgan fingerprint density at radius 2 is 0.750 bits per heavy atom. The first kappa shape index (κ1) is 96.3. The number of nitrogen functional groups attached to an aromatic ring is 1. The van der Waals surface area contributed by atoms with E-state index in [4.69, 9.17) is 39.8 Å². The number of carboxylic acids is 1. The van der Waals surface area contributed by atoms with Crippen LogP contribution in [-0.2, 0) is 57.4 Å². The van der Waals surface area contributed by atoms with Crippen LogP contribution < -0.4 is 27.0 Å². The van der Waals surface area contributed by atoms with Crippen LogP contribution in [0.4, 0.5) is 25.8 Å². The fourth-order valence-corrected chi connectivity index (χ4v) is 16.7. The van der Waals surface area contributed by atoms with Crippen LogP contribution >= 0.6 is 0 Å². The Kier molecular flexibility index (Phi) is 32.7. The third-order valence-corrected chi connectivity index (χ3v) is 23.2. The predicted octanol–water partition coefficient (Wildman–Crippen LogP) is 20.5. The average molecular weight is 1740 g/mol. The number of nitrogens with two attached hydrogens (primary N) is 1. The number of amides is 7. The van der Waals surface area contributed by atoms with Gasteiger partial charge in [-0.3, -0.25) is 24.0 Å². The molecule has 0 spiro atoms. The van der Waals surface area contributed by atoms with Gasteiger partial charge in [0.05, 0.1) is 39.4 Å². The van der Waals surface area contributed by atoms with Crippen LogP contribution in [-0.4, -0.2) is 162 Å². The van der Waals surface area contributed by atoms with Crippen molar-refractivity contribution in [3.8, 4) is 0 Å². The van der Waals surface area contributed by atoms with Gasteiger partial charge in [-0.05, 0) is 240 Å². The van der Waals surface area contributed by atoms with Gasteiger partial charge >= 0.3 is 18.3 Å². The zero-order valence-electron chi connectivity index (χ0n) is 77.5. The van der Waals surface area contributed by atoms with Crippen molar-refractivity contribution in [1.29, 1.82) is 0 Å². The molecule has 6 atom stereocenters. The lowest BCUT2D eigenvalue weighted by molar-refractivity contribution is -0.136. The van der Waals surface area contributed by atoms with Crippen molar-refractivity contribution >= 4 is 114 Å². The molecule has 3 fully saturated rings. The Balaban J connectivity index is 0.000000182. The molecule has 5 heterocycles. The fourth-order valence-electron chi connectivity index (χ4n) is 16.7. The number of H-pyrrole nitrogens is 2. The number of fused-ring (bicyclic) bond motifs is 5. The molecule has 0 aliphatic carbocycles. The second-order valence-corrected chi connectivity index (χ2v) is 38.5. The maximum Gasteiger partial charge on any atom is 0.407 e. The minimum atomic E-state index is -0.833. The van der Waals surface area contributed by atoms with Gasteiger partial charge in [-0.2, -0.15) is 0 Å². The lowest BCUT2D eigenvalue weighted by atomic mass is 9.95. The SMILES string of the molecule is CC(=O)O.CC(C)c1ccc(NC(=O)[C@@H]2CCCN(C(=O)C[C@@H](Cc3ccc4ccccc4c3)NC(=O)OC(C)(C)C)C2)c(N)c1.CC(C)c1ccc2nc([C@@H]3CCCN(C(=O)C[C@@H](Cc4ccc5ccccc5c4)NC(=O)OC(C)(C)C)C3)[nH]c2c1.CC(C)c1ccc2nc([C@@H]3CCCN(C(=O)C[C@@H](Cc4ccc5ccccc5c4)NC(=O)OC(C)(C)C)C3)[nH]c2c1. The summed E-state index contributed by atoms with van der Waals surface area (Å²) in [7, 11) is 0. The Morgan fingerprint density at radius 3 is 1.09 bits per heavy atom. The van der Waals surface area contributed by atoms with Crippen LogP contribution in [0.3, 0.4) is 0 Å². The van der Waals surface area contributed by atoms with Crippen molar-refractivity contribution in [3.63, 3.8) is 0 Å². The number of ether oxygens (including phenoxy) is 3. The molecule has 3 saturated heterocycles. The molecule has 0 saturated carbocycles. The predicted molar refractivity (Wildman–Crippen MR) is 510 cm³/mol. The van der Waals surface area contributed by atoms with Gasteiger partial charge < -0.3 is 71.0 Å². The Bertz CT molecular complexity index is 5460. The third kappa shape index (κ3) is 28.8. The molecule has 11 aromatic rings. The number of carbonyl (C=O) groups is 8. The number of carbonyl (C=O) groups excluding carboxylic acids is 7. The van der Waals surface area contributed by atoms with E-state index in [-0.39, 0.29) is 72.7 Å². The summed E-state index contributed by atoms with van der Waals surface area (Å²) < 4.78 is 16.6. The summed E-state index contributed by atoms with van der Waals surface area (Å²) >= 11 is 0. The molecule has 680 valence electrons. The first-order chi connectivity index (χ1) is 60.7. The van der Waals surface area contributed by atoms with Crippen LogP contribution in [0, 0.1) is 5.92 Å². The normalized spacial score (nSPS) is 16.2. The van der Waals surface area contributed by atoms with Crippen LogP contribution in [0.1, 0.15) is 243 Å². The van der Waals surface area contributed by atoms with E-state index in [0.29, 0.717) is 94.1 Å². The summed E-state index contributed by atoms with van der Waals surface area (Å²) in [5.41, 5.74) is 16.3. The van der Waals surface area contributed by atoms with Gasteiger partial charge in [0, 0.05) is 95.4 Å². The van der Waals surface area contributed by atoms with Crippen molar-refractivity contribution in [2.75, 3.05) is 50.3 Å². The van der Waals surface area contributed by atoms with E-state index in [1.54, 1.807) is 25.7 Å². The molecule has 0 bridgehead atoms. The van der Waals surface area contributed by atoms with Crippen molar-refractivity contribution in [1.82, 2.24) is 50.6 Å². The highest BCUT2D eigenvalue weighted by molar-refractivity contribution is 5.96. The molecule has 14 rings (SSSR count). The van der Waals surface area contributed by atoms with Gasteiger partial charge in [0.2, 0.25) is 23.6 Å². The fraction of sp³-hybridized carbons (Fsp3) is 0.442. The largest absolute Gasteiger partial charge is 0.481 e. The number of aromatic amines is 2. The summed E-state index contributed by atoms with van der Waals surface area (Å²) in [5, 5.41) is 26.1. The average Bonchev–Trinajstić information content (AvgIpc) is 1.65. The number of aliphatic carboxylic acids is 1. The molecule has 9 N–H and O–H groups in total. The maximum atomic E-state index is 13.6. The molecule has 0 radical (unpaired) electrons. The highest BCUT2D eigenvalue weighted by Gasteiger charge is 2.35. The Morgan fingerprint density at radius 1 is 0.430 bits per heavy atom. The van der Waals surface area contributed by atoms with Crippen molar-refractivity contribution in [2.24, 2.45) is 5.92 Å². The van der Waals surface area contributed by atoms with E-state index in [1.165, 1.54) is 11.1 Å². The van der Waals surface area contributed by atoms with Crippen molar-refractivity contribution in [2.45, 2.75) is 252 Å². The molecule has 24 heteroatoms. The topological polar surface area (TPSA) is 326 Å². The number of aromatic nitrogens is 4. The van der Waals surface area contributed by atoms with E-state index in [2.05, 4.69) is 182 Å². The number of nitrogens with zero attached hydrogens (tertiary/aromatic N) is 5. The highest BCUT2D eigenvalue weighted by Crippen LogP contribution is 2.34. The zero-order chi connectivity index (χ0) is 92.3. The number of carboxylic acid groups (broad SMARTS) is 1. The van der Waals surface area contributed by atoms with Gasteiger partial charge in [0.1, 0.15) is 28.5 Å². The standard InChI is InChI=1S/C34H44N4O4.2C34H42N4O3.C2H4O2/c1-22(2)25-14-15-30(29(35)19-25)37-32(40)27-11-8-16-38(21-27)31(39)20-28(36-33(41)42-34(3,4)5)18-23-12-13-24-9-6-7-10-26(24)17-23;2*1-22(2)25-14-15-29-30(19-25)37-32(36-29)27-11-8-16-38(21-27)31(39)20-28(35-33(40)41-34(3,4)5)18-23-12-13-24-9-6-7-10-26(24)17-23;1-2(3)4/h6-7,9-10,12-15,17,19,22,27-28H,8,11,16,18,20-21,35H2,1-5H3,(H,36,41)(H,37,40);2*6-7,9-10,12-15,17,19,22,27-28H,8,11,16,18,20-21H2,1-5H3,(H,35,40)(H,36,37);1H3,(H,3,4)/t3*27-,28-;/m111./s1. The summed E-state index contributed by atoms with van der Waals surface area (Å²) in [5.74, 6) is 2.08. The third-order valence-electron chi connectivity index (χ3n) is 23.2. The van der Waals surface area contributed by atoms with Crippen LogP contribution in [0.2, 0.25) is 0 Å². The maximum absolute atomic E-state index is 13.6. The number of hydrogen-bond acceptors (Lipinski definition) is 14. The number of alkyl carbamates (subject to hydrolysis) is 3. The van der Waals surface area contributed by atoms with E-state index >= 15 is 0 Å². The monoisotopic (exact) mass is 1740 g/mol. The molecule has 7 amide bonds. The quantitative estimate of drug-likeness (QED) is 0.0231. The second kappa shape index (κ2) is 43.4. The molecule has 24 nitrogen and oxygen atoms in total. The first-order valence-corrected chi connectivity index (χ1v) is 45.3. The zero-order valence-corrected chi connectivity index (χ0v) is 77.5. The van der Waals surface area contributed by atoms with Gasteiger partial charge in [-0.1, -0.05) is 187 Å². The summed E-state index contributed by atoms with van der Waals surface area (Å²) in [6, 6.07) is 60.5. The number of benzene rings is 9. The molecule has 3 aliphatic rings. The summed E-state index contributed by atoms with van der Waals surface area (Å²) in [6.07, 6.45) is 5.70. The lowest BCUT2D eigenvalue weighted by Crippen LogP contribution is -2.47. The van der Waals surface area contributed by atoms with Crippen LogP contribution in [0.25, 0.3) is 54.4 Å². The van der Waals surface area contributed by atoms with E-state index < -0.39 is 47.1 Å². The number of likely N-dealkylation sites (tertiary alicyclic amines) is 3. The van der Waals surface area contributed by atoms with Crippen LogP contribution in [0.15, 0.2) is 182 Å². The number of nitrogens with one attached hydrogen (secondary N) is 6. The van der Waals surface area contributed by atoms with E-state index in [0.717, 1.165) is 127 Å². The number of imidazole rings is 2. The minimum Gasteiger partial charge on any atom is -0.481 e. The van der Waals surface area contributed by atoms with Crippen LogP contribution in [0.5, 0.6) is 0 Å². The molecule has 3 aliphatic heterocycles. The number of hydrogen-bond donors (Lipinski definition) is 8. The van der Waals surface area contributed by atoms with E-state index in [1.807, 2.05) is 124 Å². The van der Waals surface area contributed by atoms with E-state index in [9.17, 15) is 33.6 Å². The lowest BCUT2D eigenvalue weighted by Gasteiger charge is -2.33. The smallest absolute Gasteiger partial charge is 0.407 e. The molecular formula is C104H132N12O12. The Labute approximate surface area is 753 Å². The van der Waals surface area contributed by atoms with Crippen molar-refractivity contribution < 1.29 is 57.7 Å². The van der Waals surface area contributed by atoms with Gasteiger partial charge in [-0.15, -0.1) is 0 Å². The van der Waals surface area contributed by atoms with Gasteiger partial charge in [0.25, 0.3) is 5.97 Å².